The van der Waals surface area contributed by atoms with Gasteiger partial charge in [0.1, 0.15) is 5.78 Å². The standard InChI is InChI=1S/C15H26O/c1-12(16)13-7-6-8-14(11-13)15(2)9-4-3-5-10-15/h13-14H,3-11H2,1-2H3. The van der Waals surface area contributed by atoms with Crippen LogP contribution in [0, 0.1) is 17.3 Å². The van der Waals surface area contributed by atoms with E-state index in [9.17, 15) is 4.79 Å². The average Bonchev–Trinajstić information content (AvgIpc) is 2.30. The van der Waals surface area contributed by atoms with E-state index in [4.69, 9.17) is 0 Å². The Balaban J connectivity index is 2.00. The summed E-state index contributed by atoms with van der Waals surface area (Å²) in [6, 6.07) is 0. The molecule has 0 bridgehead atoms. The van der Waals surface area contributed by atoms with Gasteiger partial charge in [-0.3, -0.25) is 4.79 Å². The lowest BCUT2D eigenvalue weighted by Gasteiger charge is -2.44. The van der Waals surface area contributed by atoms with Gasteiger partial charge in [-0.15, -0.1) is 0 Å². The molecule has 0 aromatic carbocycles. The van der Waals surface area contributed by atoms with E-state index in [1.54, 1.807) is 6.92 Å². The zero-order valence-electron chi connectivity index (χ0n) is 10.9. The molecule has 0 aromatic rings. The van der Waals surface area contributed by atoms with Crippen LogP contribution in [0.5, 0.6) is 0 Å². The Kier molecular flexibility index (Phi) is 3.71. The summed E-state index contributed by atoms with van der Waals surface area (Å²) in [4.78, 5) is 11.5. The van der Waals surface area contributed by atoms with Crippen molar-refractivity contribution in [3.05, 3.63) is 0 Å². The van der Waals surface area contributed by atoms with Crippen molar-refractivity contribution in [2.75, 3.05) is 0 Å². The van der Waals surface area contributed by atoms with Gasteiger partial charge < -0.3 is 0 Å². The van der Waals surface area contributed by atoms with Gasteiger partial charge in [0.15, 0.2) is 0 Å². The molecule has 0 spiro atoms. The van der Waals surface area contributed by atoms with Crippen molar-refractivity contribution in [1.29, 1.82) is 0 Å². The second kappa shape index (κ2) is 4.89. The highest BCUT2D eigenvalue weighted by atomic mass is 16.1. The molecule has 0 aliphatic heterocycles. The van der Waals surface area contributed by atoms with Crippen LogP contribution in [0.25, 0.3) is 0 Å². The Morgan fingerprint density at radius 2 is 1.75 bits per heavy atom. The molecule has 2 rings (SSSR count). The van der Waals surface area contributed by atoms with Crippen molar-refractivity contribution >= 4 is 5.78 Å². The van der Waals surface area contributed by atoms with Gasteiger partial charge >= 0.3 is 0 Å². The number of hydrogen-bond donors (Lipinski definition) is 0. The number of carbonyl (C=O) groups excluding carboxylic acids is 1. The molecular weight excluding hydrogens is 196 g/mol. The van der Waals surface area contributed by atoms with Crippen molar-refractivity contribution in [2.45, 2.75) is 71.6 Å². The lowest BCUT2D eigenvalue weighted by Crippen LogP contribution is -2.35. The lowest BCUT2D eigenvalue weighted by atomic mass is 9.61. The predicted octanol–water partition coefficient (Wildman–Crippen LogP) is 4.35. The summed E-state index contributed by atoms with van der Waals surface area (Å²) in [7, 11) is 0. The number of rotatable bonds is 2. The van der Waals surface area contributed by atoms with Crippen LogP contribution in [0.3, 0.4) is 0 Å². The van der Waals surface area contributed by atoms with E-state index in [1.807, 2.05) is 0 Å². The van der Waals surface area contributed by atoms with Gasteiger partial charge in [-0.25, -0.2) is 0 Å². The average molecular weight is 222 g/mol. The van der Waals surface area contributed by atoms with E-state index in [2.05, 4.69) is 6.92 Å². The molecule has 0 N–H and O–H groups in total. The fraction of sp³-hybridized carbons (Fsp3) is 0.933. The monoisotopic (exact) mass is 222 g/mol. The molecule has 2 saturated carbocycles. The zero-order chi connectivity index (χ0) is 11.6. The van der Waals surface area contributed by atoms with Crippen LogP contribution in [0.4, 0.5) is 0 Å². The Hall–Kier alpha value is -0.330. The lowest BCUT2D eigenvalue weighted by molar-refractivity contribution is -0.122. The smallest absolute Gasteiger partial charge is 0.132 e. The summed E-state index contributed by atoms with van der Waals surface area (Å²) >= 11 is 0. The molecule has 0 radical (unpaired) electrons. The Labute approximate surface area is 100.0 Å². The molecule has 2 aliphatic rings. The van der Waals surface area contributed by atoms with Crippen LogP contribution in [0.2, 0.25) is 0 Å². The van der Waals surface area contributed by atoms with Gasteiger partial charge in [0.25, 0.3) is 0 Å². The fourth-order valence-corrected chi connectivity index (χ4v) is 3.96. The molecule has 16 heavy (non-hydrogen) atoms. The van der Waals surface area contributed by atoms with Crippen molar-refractivity contribution in [3.63, 3.8) is 0 Å². The van der Waals surface area contributed by atoms with Gasteiger partial charge in [-0.1, -0.05) is 32.6 Å². The van der Waals surface area contributed by atoms with E-state index in [1.165, 1.54) is 51.4 Å². The van der Waals surface area contributed by atoms with Crippen molar-refractivity contribution in [1.82, 2.24) is 0 Å². The molecule has 0 saturated heterocycles. The van der Waals surface area contributed by atoms with Gasteiger partial charge in [0.2, 0.25) is 0 Å². The van der Waals surface area contributed by atoms with E-state index < -0.39 is 0 Å². The summed E-state index contributed by atoms with van der Waals surface area (Å²) in [5.41, 5.74) is 0.562. The van der Waals surface area contributed by atoms with Crippen molar-refractivity contribution < 1.29 is 4.79 Å². The van der Waals surface area contributed by atoms with E-state index >= 15 is 0 Å². The van der Waals surface area contributed by atoms with Crippen LogP contribution in [0.1, 0.15) is 71.6 Å². The highest BCUT2D eigenvalue weighted by Crippen LogP contribution is 2.49. The second-order valence-corrected chi connectivity index (χ2v) is 6.39. The summed E-state index contributed by atoms with van der Waals surface area (Å²) in [6.07, 6.45) is 12.1. The van der Waals surface area contributed by atoms with Gasteiger partial charge in [0, 0.05) is 5.92 Å². The molecular formula is C15H26O. The maximum absolute atomic E-state index is 11.5. The zero-order valence-corrected chi connectivity index (χ0v) is 10.9. The molecule has 2 aliphatic carbocycles. The normalized spacial score (nSPS) is 34.6. The van der Waals surface area contributed by atoms with Crippen LogP contribution < -0.4 is 0 Å². The van der Waals surface area contributed by atoms with E-state index in [-0.39, 0.29) is 0 Å². The Bertz CT molecular complexity index is 250. The highest BCUT2D eigenvalue weighted by Gasteiger charge is 2.38. The van der Waals surface area contributed by atoms with Gasteiger partial charge in [0.05, 0.1) is 0 Å². The number of Topliss-reactive ketones (excluding diaryl/α,β-unsaturated/α-hetero) is 1. The molecule has 1 nitrogen and oxygen atoms in total. The van der Waals surface area contributed by atoms with Crippen LogP contribution in [-0.4, -0.2) is 5.78 Å². The first-order valence-electron chi connectivity index (χ1n) is 7.12. The third kappa shape index (κ3) is 2.49. The summed E-state index contributed by atoms with van der Waals surface area (Å²) in [5.74, 6) is 1.65. The van der Waals surface area contributed by atoms with Crippen LogP contribution in [0.15, 0.2) is 0 Å². The van der Waals surface area contributed by atoms with Crippen LogP contribution in [-0.2, 0) is 4.79 Å². The van der Waals surface area contributed by atoms with E-state index in [0.717, 1.165) is 12.3 Å². The first kappa shape index (κ1) is 12.1. The molecule has 0 heterocycles. The number of hydrogen-bond acceptors (Lipinski definition) is 1. The third-order valence-corrected chi connectivity index (χ3v) is 5.23. The Morgan fingerprint density at radius 1 is 1.06 bits per heavy atom. The second-order valence-electron chi connectivity index (χ2n) is 6.39. The quantitative estimate of drug-likeness (QED) is 0.678. The first-order chi connectivity index (χ1) is 7.62. The fourth-order valence-electron chi connectivity index (χ4n) is 3.96. The molecule has 0 amide bonds. The molecule has 2 fully saturated rings. The van der Waals surface area contributed by atoms with Gasteiger partial charge in [-0.05, 0) is 50.4 Å². The van der Waals surface area contributed by atoms with Crippen molar-refractivity contribution in [3.8, 4) is 0 Å². The maximum Gasteiger partial charge on any atom is 0.132 e. The SMILES string of the molecule is CC(=O)C1CCCC(C2(C)CCCCC2)C1. The predicted molar refractivity (Wildman–Crippen MR) is 67.3 cm³/mol. The largest absolute Gasteiger partial charge is 0.300 e. The summed E-state index contributed by atoms with van der Waals surface area (Å²) in [5, 5.41) is 0. The minimum atomic E-state index is 0.387. The first-order valence-corrected chi connectivity index (χ1v) is 7.12. The minimum Gasteiger partial charge on any atom is -0.300 e. The molecule has 2 atom stereocenters. The number of ketones is 1. The molecule has 0 aromatic heterocycles. The molecule has 1 heteroatoms. The van der Waals surface area contributed by atoms with Gasteiger partial charge in [-0.2, -0.15) is 0 Å². The molecule has 2 unspecified atom stereocenters. The van der Waals surface area contributed by atoms with E-state index in [0.29, 0.717) is 17.1 Å². The topological polar surface area (TPSA) is 17.1 Å². The summed E-state index contributed by atoms with van der Waals surface area (Å²) in [6.45, 7) is 4.27. The molecule has 92 valence electrons. The van der Waals surface area contributed by atoms with Crippen molar-refractivity contribution in [2.24, 2.45) is 17.3 Å². The Morgan fingerprint density at radius 3 is 2.38 bits per heavy atom. The summed E-state index contributed by atoms with van der Waals surface area (Å²) < 4.78 is 0. The maximum atomic E-state index is 11.5. The van der Waals surface area contributed by atoms with Crippen LogP contribution >= 0.6 is 0 Å². The highest BCUT2D eigenvalue weighted by molar-refractivity contribution is 5.78. The number of carbonyl (C=O) groups is 1. The minimum absolute atomic E-state index is 0.387. The third-order valence-electron chi connectivity index (χ3n) is 5.23.